The average Bonchev–Trinajstić information content (AvgIpc) is 3.31. The van der Waals surface area contributed by atoms with Crippen LogP contribution in [0.1, 0.15) is 48.2 Å². The van der Waals surface area contributed by atoms with Gasteiger partial charge in [-0.15, -0.1) is 0 Å². The first-order chi connectivity index (χ1) is 17.9. The lowest BCUT2D eigenvalue weighted by molar-refractivity contribution is 0.0820. The second-order valence-electron chi connectivity index (χ2n) is 8.54. The van der Waals surface area contributed by atoms with Crippen LogP contribution < -0.4 is 18.9 Å². The monoisotopic (exact) mass is 501 g/mol. The molecule has 188 valence electrons. The van der Waals surface area contributed by atoms with Crippen molar-refractivity contribution < 1.29 is 38.4 Å². The van der Waals surface area contributed by atoms with Crippen molar-refractivity contribution in [1.29, 1.82) is 0 Å². The van der Waals surface area contributed by atoms with Crippen molar-refractivity contribution in [3.8, 4) is 23.0 Å². The van der Waals surface area contributed by atoms with Crippen LogP contribution in [-0.2, 0) is 0 Å². The Labute approximate surface area is 212 Å². The number of methoxy groups -OCH3 is 4. The second-order valence-corrected chi connectivity index (χ2v) is 8.54. The lowest BCUT2D eigenvalue weighted by Gasteiger charge is -2.22. The summed E-state index contributed by atoms with van der Waals surface area (Å²) >= 11 is 0. The van der Waals surface area contributed by atoms with Crippen LogP contribution in [0.25, 0.3) is 5.76 Å². The Morgan fingerprint density at radius 1 is 0.730 bits per heavy atom. The van der Waals surface area contributed by atoms with E-state index in [-0.39, 0.29) is 33.6 Å². The highest BCUT2D eigenvalue weighted by Crippen LogP contribution is 2.49. The molecule has 0 bridgehead atoms. The molecule has 1 heterocycles. The van der Waals surface area contributed by atoms with Gasteiger partial charge in [-0.1, -0.05) is 6.07 Å². The number of benzene rings is 2. The van der Waals surface area contributed by atoms with Gasteiger partial charge in [-0.05, 0) is 36.4 Å². The fourth-order valence-electron chi connectivity index (χ4n) is 5.04. The fraction of sp³-hybridized carbons (Fsp3) is 0.214. The Bertz CT molecular complexity index is 1450. The van der Waals surface area contributed by atoms with Crippen molar-refractivity contribution in [1.82, 2.24) is 4.98 Å². The number of aromatic nitrogens is 1. The number of ether oxygens (including phenoxy) is 4. The minimum atomic E-state index is -1.33. The highest BCUT2D eigenvalue weighted by molar-refractivity contribution is 6.29. The van der Waals surface area contributed by atoms with Crippen molar-refractivity contribution in [2.24, 2.45) is 5.92 Å². The van der Waals surface area contributed by atoms with E-state index in [9.17, 15) is 19.5 Å². The molecule has 0 fully saturated rings. The van der Waals surface area contributed by atoms with Gasteiger partial charge in [0.1, 0.15) is 5.76 Å². The summed E-state index contributed by atoms with van der Waals surface area (Å²) in [5, 5.41) is 11.3. The number of fused-ring (bicyclic) bond motifs is 2. The molecule has 9 nitrogen and oxygen atoms in total. The molecule has 0 aliphatic heterocycles. The van der Waals surface area contributed by atoms with Gasteiger partial charge in [0, 0.05) is 34.1 Å². The normalized spacial score (nSPS) is 15.5. The highest BCUT2D eigenvalue weighted by atomic mass is 16.5. The third-order valence-electron chi connectivity index (χ3n) is 6.79. The predicted molar refractivity (Wildman–Crippen MR) is 132 cm³/mol. The molecule has 1 aromatic heterocycles. The number of Topliss-reactive ketones (excluding diaryl/α,β-unsaturated/α-hetero) is 3. The summed E-state index contributed by atoms with van der Waals surface area (Å²) < 4.78 is 21.3. The fourth-order valence-corrected chi connectivity index (χ4v) is 5.04. The predicted octanol–water partition coefficient (Wildman–Crippen LogP) is 4.06. The summed E-state index contributed by atoms with van der Waals surface area (Å²) in [5.41, 5.74) is 0.895. The first kappa shape index (κ1) is 24.1. The summed E-state index contributed by atoms with van der Waals surface area (Å²) in [6, 6.07) is 10.9. The lowest BCUT2D eigenvalue weighted by Crippen LogP contribution is -2.28. The third kappa shape index (κ3) is 3.54. The standard InChI is InChI=1S/C28H23NO8/c1-34-18-9-13-14(10-19(18)35-2)26(31)23(25(13)30)22(17-7-5-6-8-29-17)24-27(32)15-11-20(36-3)21(37-4)12-16(15)28(24)33/h5-12,22-23,32H,1-4H3. The van der Waals surface area contributed by atoms with Crippen LogP contribution in [0.3, 0.4) is 0 Å². The average molecular weight is 501 g/mol. The van der Waals surface area contributed by atoms with E-state index in [4.69, 9.17) is 18.9 Å². The van der Waals surface area contributed by atoms with Gasteiger partial charge in [0.05, 0.1) is 45.8 Å². The van der Waals surface area contributed by atoms with E-state index in [1.807, 2.05) is 0 Å². The van der Waals surface area contributed by atoms with Gasteiger partial charge in [-0.25, -0.2) is 0 Å². The second kappa shape index (κ2) is 9.09. The van der Waals surface area contributed by atoms with Gasteiger partial charge in [0.15, 0.2) is 40.3 Å². The number of rotatable bonds is 7. The zero-order valence-electron chi connectivity index (χ0n) is 20.5. The SMILES string of the molecule is COc1cc2c(cc1OC)C(O)=C(C(c1ccccn1)C1C(=O)c3cc(OC)c(OC)cc3C1=O)C2=O. The molecule has 0 radical (unpaired) electrons. The van der Waals surface area contributed by atoms with Crippen molar-refractivity contribution in [3.05, 3.63) is 82.2 Å². The number of nitrogens with zero attached hydrogens (tertiary/aromatic N) is 1. The number of hydrogen-bond donors (Lipinski definition) is 1. The van der Waals surface area contributed by atoms with Crippen molar-refractivity contribution in [2.45, 2.75) is 5.92 Å². The first-order valence-electron chi connectivity index (χ1n) is 11.4. The van der Waals surface area contributed by atoms with E-state index in [0.29, 0.717) is 28.7 Å². The molecule has 2 aliphatic rings. The molecule has 9 heteroatoms. The quantitative estimate of drug-likeness (QED) is 0.478. The van der Waals surface area contributed by atoms with Crippen LogP contribution in [0.5, 0.6) is 23.0 Å². The summed E-state index contributed by atoms with van der Waals surface area (Å²) in [5.74, 6) is -3.16. The van der Waals surface area contributed by atoms with Gasteiger partial charge in [-0.3, -0.25) is 19.4 Å². The van der Waals surface area contributed by atoms with Crippen molar-refractivity contribution in [3.63, 3.8) is 0 Å². The molecule has 37 heavy (non-hydrogen) atoms. The molecule has 0 amide bonds. The minimum Gasteiger partial charge on any atom is -0.507 e. The zero-order valence-corrected chi connectivity index (χ0v) is 20.5. The Morgan fingerprint density at radius 2 is 1.22 bits per heavy atom. The Kier molecular flexibility index (Phi) is 5.91. The Balaban J connectivity index is 1.70. The third-order valence-corrected chi connectivity index (χ3v) is 6.79. The molecule has 1 atom stereocenters. The maximum absolute atomic E-state index is 13.7. The summed E-state index contributed by atoms with van der Waals surface area (Å²) in [4.78, 5) is 45.6. The van der Waals surface area contributed by atoms with Crippen molar-refractivity contribution >= 4 is 23.1 Å². The zero-order chi connectivity index (χ0) is 26.4. The van der Waals surface area contributed by atoms with E-state index >= 15 is 0 Å². The molecule has 3 aromatic rings. The van der Waals surface area contributed by atoms with Crippen LogP contribution in [0.15, 0.2) is 54.2 Å². The van der Waals surface area contributed by atoms with Crippen LogP contribution in [0, 0.1) is 5.92 Å². The smallest absolute Gasteiger partial charge is 0.194 e. The molecule has 5 rings (SSSR count). The van der Waals surface area contributed by atoms with Gasteiger partial charge >= 0.3 is 0 Å². The van der Waals surface area contributed by atoms with Gasteiger partial charge in [0.2, 0.25) is 0 Å². The largest absolute Gasteiger partial charge is 0.507 e. The van der Waals surface area contributed by atoms with Crippen LogP contribution >= 0.6 is 0 Å². The number of ketones is 3. The number of hydrogen-bond acceptors (Lipinski definition) is 9. The van der Waals surface area contributed by atoms with Crippen LogP contribution in [0.2, 0.25) is 0 Å². The maximum Gasteiger partial charge on any atom is 0.194 e. The molecular formula is C28H23NO8. The van der Waals surface area contributed by atoms with E-state index in [1.54, 1.807) is 18.2 Å². The number of pyridine rings is 1. The summed E-state index contributed by atoms with van der Waals surface area (Å²) in [6.45, 7) is 0. The number of aliphatic hydroxyl groups excluding tert-OH is 1. The Hall–Kier alpha value is -4.66. The number of aliphatic hydroxyl groups is 1. The number of carbonyl (C=O) groups is 3. The van der Waals surface area contributed by atoms with Gasteiger partial charge < -0.3 is 24.1 Å². The molecule has 2 aliphatic carbocycles. The van der Waals surface area contributed by atoms with Crippen LogP contribution in [-0.4, -0.2) is 55.9 Å². The molecule has 1 N–H and O–H groups in total. The summed E-state index contributed by atoms with van der Waals surface area (Å²) in [6.07, 6.45) is 1.50. The van der Waals surface area contributed by atoms with E-state index < -0.39 is 29.2 Å². The van der Waals surface area contributed by atoms with E-state index in [1.165, 1.54) is 58.9 Å². The Morgan fingerprint density at radius 3 is 1.68 bits per heavy atom. The number of carbonyl (C=O) groups excluding carboxylic acids is 3. The number of allylic oxidation sites excluding steroid dienone is 1. The van der Waals surface area contributed by atoms with Crippen LogP contribution in [0.4, 0.5) is 0 Å². The molecule has 2 aromatic carbocycles. The minimum absolute atomic E-state index is 0.0950. The van der Waals surface area contributed by atoms with Gasteiger partial charge in [0.25, 0.3) is 0 Å². The van der Waals surface area contributed by atoms with E-state index in [2.05, 4.69) is 4.98 Å². The molecule has 1 unspecified atom stereocenters. The molecule has 0 saturated carbocycles. The highest BCUT2D eigenvalue weighted by Gasteiger charge is 2.50. The molecular weight excluding hydrogens is 478 g/mol. The topological polar surface area (TPSA) is 121 Å². The molecule has 0 spiro atoms. The van der Waals surface area contributed by atoms with Crippen molar-refractivity contribution in [2.75, 3.05) is 28.4 Å². The summed E-state index contributed by atoms with van der Waals surface area (Å²) in [7, 11) is 5.73. The maximum atomic E-state index is 13.7. The molecule has 0 saturated heterocycles. The lowest BCUT2D eigenvalue weighted by atomic mass is 9.78. The van der Waals surface area contributed by atoms with E-state index in [0.717, 1.165) is 0 Å². The first-order valence-corrected chi connectivity index (χ1v) is 11.4. The van der Waals surface area contributed by atoms with Gasteiger partial charge in [-0.2, -0.15) is 0 Å².